The Bertz CT molecular complexity index is 1020. The summed E-state index contributed by atoms with van der Waals surface area (Å²) in [7, 11) is -3.24. The van der Waals surface area contributed by atoms with Crippen LogP contribution in [0.3, 0.4) is 0 Å². The average molecular weight is 375 g/mol. The largest absolute Gasteiger partial charge is 0.376 e. The number of hydrogen-bond donors (Lipinski definition) is 2. The second-order valence-corrected chi connectivity index (χ2v) is 8.86. The summed E-state index contributed by atoms with van der Waals surface area (Å²) in [6, 6.07) is 11.9. The molecule has 130 valence electrons. The highest BCUT2D eigenvalue weighted by molar-refractivity contribution is 7.90. The number of aryl methyl sites for hydroxylation is 1. The lowest BCUT2D eigenvalue weighted by Gasteiger charge is -2.08. The first-order valence-electron chi connectivity index (χ1n) is 7.52. The second kappa shape index (κ2) is 6.81. The number of benzene rings is 2. The molecule has 0 aliphatic carbocycles. The number of rotatable bonds is 5. The van der Waals surface area contributed by atoms with Crippen molar-refractivity contribution in [3.05, 3.63) is 47.5 Å². The van der Waals surface area contributed by atoms with E-state index in [-0.39, 0.29) is 17.3 Å². The van der Waals surface area contributed by atoms with Crippen LogP contribution in [0.5, 0.6) is 0 Å². The van der Waals surface area contributed by atoms with Gasteiger partial charge in [0.25, 0.3) is 0 Å². The zero-order valence-electron chi connectivity index (χ0n) is 13.7. The second-order valence-electron chi connectivity index (χ2n) is 5.61. The van der Waals surface area contributed by atoms with E-state index in [0.717, 1.165) is 27.2 Å². The average Bonchev–Trinajstić information content (AvgIpc) is 2.92. The van der Waals surface area contributed by atoms with Crippen molar-refractivity contribution in [1.29, 1.82) is 0 Å². The van der Waals surface area contributed by atoms with Gasteiger partial charge in [0.1, 0.15) is 0 Å². The summed E-state index contributed by atoms with van der Waals surface area (Å²) in [5.74, 6) is -0.215. The highest BCUT2D eigenvalue weighted by atomic mass is 32.2. The summed E-state index contributed by atoms with van der Waals surface area (Å²) in [5.41, 5.74) is 2.34. The van der Waals surface area contributed by atoms with Gasteiger partial charge in [-0.25, -0.2) is 13.4 Å². The quantitative estimate of drug-likeness (QED) is 0.715. The topological polar surface area (TPSA) is 88.2 Å². The first-order chi connectivity index (χ1) is 11.8. The maximum Gasteiger partial charge on any atom is 0.243 e. The smallest absolute Gasteiger partial charge is 0.243 e. The molecule has 0 unspecified atom stereocenters. The number of carbonyl (C=O) groups is 1. The third-order valence-corrected chi connectivity index (χ3v) is 5.58. The van der Waals surface area contributed by atoms with Gasteiger partial charge in [0.05, 0.1) is 26.7 Å². The van der Waals surface area contributed by atoms with E-state index >= 15 is 0 Å². The molecule has 1 heterocycles. The molecule has 0 aliphatic heterocycles. The lowest BCUT2D eigenvalue weighted by atomic mass is 10.3. The van der Waals surface area contributed by atoms with Crippen molar-refractivity contribution in [1.82, 2.24) is 4.98 Å². The Labute approximate surface area is 149 Å². The standard InChI is InChI=1S/C17H17N3O3S2/c1-11-19-15-8-5-13(9-16(15)24-11)18-10-17(21)20-12-3-6-14(7-4-12)25(2,22)23/h3-9,18H,10H2,1-2H3,(H,20,21). The molecule has 0 aliphatic rings. The first-order valence-corrected chi connectivity index (χ1v) is 10.2. The van der Waals surface area contributed by atoms with Crippen molar-refractivity contribution in [3.8, 4) is 0 Å². The number of anilines is 2. The first kappa shape index (κ1) is 17.4. The molecule has 25 heavy (non-hydrogen) atoms. The van der Waals surface area contributed by atoms with E-state index in [1.54, 1.807) is 23.5 Å². The van der Waals surface area contributed by atoms with Crippen LogP contribution < -0.4 is 10.6 Å². The maximum atomic E-state index is 12.0. The van der Waals surface area contributed by atoms with Crippen LogP contribution in [-0.2, 0) is 14.6 Å². The fraction of sp³-hybridized carbons (Fsp3) is 0.176. The summed E-state index contributed by atoms with van der Waals surface area (Å²) < 4.78 is 23.9. The minimum atomic E-state index is -3.24. The number of aromatic nitrogens is 1. The number of hydrogen-bond acceptors (Lipinski definition) is 6. The van der Waals surface area contributed by atoms with Gasteiger partial charge in [0.2, 0.25) is 5.91 Å². The van der Waals surface area contributed by atoms with Gasteiger partial charge in [-0.15, -0.1) is 11.3 Å². The number of fused-ring (bicyclic) bond motifs is 1. The molecule has 1 aromatic heterocycles. The SMILES string of the molecule is Cc1nc2ccc(NCC(=O)Nc3ccc(S(C)(=O)=O)cc3)cc2s1. The van der Waals surface area contributed by atoms with Crippen LogP contribution in [0.4, 0.5) is 11.4 Å². The molecule has 3 rings (SSSR count). The molecule has 3 aromatic rings. The Balaban J connectivity index is 1.60. The van der Waals surface area contributed by atoms with Crippen LogP contribution in [-0.4, -0.2) is 32.1 Å². The van der Waals surface area contributed by atoms with Gasteiger partial charge in [-0.1, -0.05) is 0 Å². The van der Waals surface area contributed by atoms with Crippen LogP contribution in [0.1, 0.15) is 5.01 Å². The van der Waals surface area contributed by atoms with E-state index in [0.29, 0.717) is 5.69 Å². The molecule has 0 saturated heterocycles. The zero-order valence-corrected chi connectivity index (χ0v) is 15.4. The van der Waals surface area contributed by atoms with Gasteiger partial charge in [0, 0.05) is 17.6 Å². The molecule has 0 spiro atoms. The van der Waals surface area contributed by atoms with Crippen molar-refractivity contribution in [3.63, 3.8) is 0 Å². The van der Waals surface area contributed by atoms with Crippen LogP contribution in [0.15, 0.2) is 47.4 Å². The van der Waals surface area contributed by atoms with Crippen molar-refractivity contribution >= 4 is 48.7 Å². The minimum Gasteiger partial charge on any atom is -0.376 e. The molecular formula is C17H17N3O3S2. The Hall–Kier alpha value is -2.45. The third-order valence-electron chi connectivity index (χ3n) is 3.51. The van der Waals surface area contributed by atoms with Gasteiger partial charge in [0.15, 0.2) is 9.84 Å². The van der Waals surface area contributed by atoms with Gasteiger partial charge in [-0.05, 0) is 49.4 Å². The van der Waals surface area contributed by atoms with Gasteiger partial charge in [-0.2, -0.15) is 0 Å². The molecule has 6 nitrogen and oxygen atoms in total. The zero-order chi connectivity index (χ0) is 18.0. The molecular weight excluding hydrogens is 358 g/mol. The van der Waals surface area contributed by atoms with E-state index in [1.165, 1.54) is 12.1 Å². The number of nitrogens with one attached hydrogen (secondary N) is 2. The molecule has 8 heteroatoms. The highest BCUT2D eigenvalue weighted by Crippen LogP contribution is 2.24. The molecule has 2 aromatic carbocycles. The summed E-state index contributed by atoms with van der Waals surface area (Å²) in [4.78, 5) is 16.7. The normalized spacial score (nSPS) is 11.4. The number of thiazole rings is 1. The molecule has 0 fully saturated rings. The number of nitrogens with zero attached hydrogens (tertiary/aromatic N) is 1. The number of sulfone groups is 1. The number of amides is 1. The van der Waals surface area contributed by atoms with Gasteiger partial charge in [-0.3, -0.25) is 4.79 Å². The Morgan fingerprint density at radius 2 is 1.80 bits per heavy atom. The monoisotopic (exact) mass is 375 g/mol. The lowest BCUT2D eigenvalue weighted by molar-refractivity contribution is -0.114. The van der Waals surface area contributed by atoms with Gasteiger partial charge >= 0.3 is 0 Å². The van der Waals surface area contributed by atoms with Crippen molar-refractivity contribution < 1.29 is 13.2 Å². The molecule has 0 bridgehead atoms. The minimum absolute atomic E-state index is 0.108. The molecule has 1 amide bonds. The molecule has 0 saturated carbocycles. The highest BCUT2D eigenvalue weighted by Gasteiger charge is 2.08. The fourth-order valence-corrected chi connectivity index (χ4v) is 3.82. The summed E-state index contributed by atoms with van der Waals surface area (Å²) >= 11 is 1.61. The van der Waals surface area contributed by atoms with Crippen molar-refractivity contribution in [2.45, 2.75) is 11.8 Å². The number of carbonyl (C=O) groups excluding carboxylic acids is 1. The van der Waals surface area contributed by atoms with Crippen LogP contribution in [0, 0.1) is 6.92 Å². The van der Waals surface area contributed by atoms with Crippen LogP contribution in [0.25, 0.3) is 10.2 Å². The predicted molar refractivity (Wildman–Crippen MR) is 101 cm³/mol. The van der Waals surface area contributed by atoms with E-state index in [2.05, 4.69) is 15.6 Å². The van der Waals surface area contributed by atoms with Crippen LogP contribution in [0.2, 0.25) is 0 Å². The van der Waals surface area contributed by atoms with Crippen LogP contribution >= 0.6 is 11.3 Å². The van der Waals surface area contributed by atoms with E-state index in [4.69, 9.17) is 0 Å². The summed E-state index contributed by atoms with van der Waals surface area (Å²) in [6.45, 7) is 2.07. The van der Waals surface area contributed by atoms with Crippen molar-refractivity contribution in [2.75, 3.05) is 23.4 Å². The maximum absolute atomic E-state index is 12.0. The van der Waals surface area contributed by atoms with Gasteiger partial charge < -0.3 is 10.6 Å². The summed E-state index contributed by atoms with van der Waals surface area (Å²) in [5, 5.41) is 6.80. The molecule has 0 atom stereocenters. The molecule has 2 N–H and O–H groups in total. The Morgan fingerprint density at radius 1 is 1.12 bits per heavy atom. The van der Waals surface area contributed by atoms with E-state index in [9.17, 15) is 13.2 Å². The fourth-order valence-electron chi connectivity index (χ4n) is 2.32. The van der Waals surface area contributed by atoms with E-state index in [1.807, 2.05) is 25.1 Å². The van der Waals surface area contributed by atoms with Crippen molar-refractivity contribution in [2.24, 2.45) is 0 Å². The Morgan fingerprint density at radius 3 is 2.48 bits per heavy atom. The molecule has 0 radical (unpaired) electrons. The summed E-state index contributed by atoms with van der Waals surface area (Å²) in [6.07, 6.45) is 1.14. The van der Waals surface area contributed by atoms with E-state index < -0.39 is 9.84 Å². The predicted octanol–water partition coefficient (Wildman–Crippen LogP) is 3.06. The third kappa shape index (κ3) is 4.34. The Kier molecular flexibility index (Phi) is 4.73. The lowest BCUT2D eigenvalue weighted by Crippen LogP contribution is -2.21.